The molecule has 1 aliphatic rings. The first kappa shape index (κ1) is 17.0. The Kier molecular flexibility index (Phi) is 3.45. The molecule has 0 saturated carbocycles. The van der Waals surface area contributed by atoms with E-state index < -0.39 is 19.1 Å². The normalized spacial score (nSPS) is 16.6. The molecular weight excluding hydrogens is 472 g/mol. The minimum Gasteiger partial charge on any atom is -0.295 e. The van der Waals surface area contributed by atoms with Gasteiger partial charge in [-0.25, -0.2) is 4.98 Å². The van der Waals surface area contributed by atoms with Crippen LogP contribution in [0.4, 0.5) is 0 Å². The van der Waals surface area contributed by atoms with Crippen molar-refractivity contribution in [1.82, 2.24) is 9.55 Å². The van der Waals surface area contributed by atoms with E-state index in [0.717, 1.165) is 55.2 Å². The number of imidazole rings is 1. The predicted molar refractivity (Wildman–Crippen MR) is 164 cm³/mol. The van der Waals surface area contributed by atoms with Crippen molar-refractivity contribution in [2.24, 2.45) is 0 Å². The fourth-order valence-corrected chi connectivity index (χ4v) is 6.52. The molecule has 8 rings (SSSR count). The van der Waals surface area contributed by atoms with E-state index in [4.69, 9.17) is 13.2 Å². The number of aromatic nitrogens is 2. The zero-order valence-corrected chi connectivity index (χ0v) is 21.4. The van der Waals surface area contributed by atoms with Gasteiger partial charge >= 0.3 is 0 Å². The molecule has 0 aliphatic heterocycles. The van der Waals surface area contributed by atoms with E-state index in [1.165, 1.54) is 0 Å². The van der Waals surface area contributed by atoms with Crippen molar-refractivity contribution in [2.75, 3.05) is 0 Å². The average Bonchev–Trinajstić information content (AvgIpc) is 3.51. The molecule has 1 heterocycles. The second kappa shape index (κ2) is 7.91. The Labute approximate surface area is 236 Å². The van der Waals surface area contributed by atoms with Crippen molar-refractivity contribution >= 4 is 32.6 Å². The van der Waals surface area contributed by atoms with E-state index in [9.17, 15) is 0 Å². The minimum atomic E-state index is -2.83. The zero-order valence-electron chi connectivity index (χ0n) is 27.4. The van der Waals surface area contributed by atoms with Gasteiger partial charge in [-0.05, 0) is 69.3 Å². The summed E-state index contributed by atoms with van der Waals surface area (Å²) in [5.41, 5.74) is 4.40. The Bertz CT molecular complexity index is 2260. The van der Waals surface area contributed by atoms with Gasteiger partial charge in [0.05, 0.1) is 16.7 Å². The topological polar surface area (TPSA) is 17.8 Å². The molecule has 7 aromatic rings. The predicted octanol–water partition coefficient (Wildman–Crippen LogP) is 9.61. The maximum atomic E-state index is 8.69. The number of rotatable bonds is 2. The van der Waals surface area contributed by atoms with Crippen molar-refractivity contribution in [3.05, 3.63) is 132 Å². The summed E-state index contributed by atoms with van der Waals surface area (Å²) < 4.78 is 54.3. The largest absolute Gasteiger partial charge is 0.295 e. The Morgan fingerprint density at radius 2 is 1.26 bits per heavy atom. The maximum Gasteiger partial charge on any atom is 0.111 e. The highest BCUT2D eigenvalue weighted by atomic mass is 15.1. The lowest BCUT2D eigenvalue weighted by molar-refractivity contribution is 0.660. The number of nitrogens with zero attached hydrogens (tertiary/aromatic N) is 2. The molecule has 0 saturated heterocycles. The number of aryl methyl sites for hydroxylation is 1. The van der Waals surface area contributed by atoms with Crippen molar-refractivity contribution in [3.63, 3.8) is 0 Å². The molecule has 0 spiro atoms. The average molecular weight is 507 g/mol. The molecule has 39 heavy (non-hydrogen) atoms. The summed E-state index contributed by atoms with van der Waals surface area (Å²) in [6.45, 7) is -3.64. The van der Waals surface area contributed by atoms with Gasteiger partial charge in [0.25, 0.3) is 0 Å². The highest BCUT2D eigenvalue weighted by molar-refractivity contribution is 6.18. The number of hydrogen-bond donors (Lipinski definition) is 0. The fraction of sp³-hybridized carbons (Fsp3) is 0.108. The lowest BCUT2D eigenvalue weighted by Gasteiger charge is -2.23. The lowest BCUT2D eigenvalue weighted by atomic mass is 9.81. The van der Waals surface area contributed by atoms with Crippen LogP contribution in [-0.4, -0.2) is 9.55 Å². The highest BCUT2D eigenvalue weighted by Crippen LogP contribution is 2.51. The Balaban J connectivity index is 1.50. The van der Waals surface area contributed by atoms with Gasteiger partial charge in [-0.1, -0.05) is 111 Å². The maximum absolute atomic E-state index is 8.69. The summed E-state index contributed by atoms with van der Waals surface area (Å²) in [6, 6.07) is 37.3. The quantitative estimate of drug-likeness (QED) is 0.213. The van der Waals surface area contributed by atoms with Crippen LogP contribution < -0.4 is 0 Å². The van der Waals surface area contributed by atoms with Crippen LogP contribution in [0.2, 0.25) is 0 Å². The minimum absolute atomic E-state index is 0.315. The second-order valence-electron chi connectivity index (χ2n) is 10.4. The van der Waals surface area contributed by atoms with E-state index in [1.54, 1.807) is 12.1 Å². The SMILES string of the molecule is [2H]C([2H])([2H])C1(C([2H])([2H])[2H])c2ccccc2-c2ccc(-c3c4ccccc4c(-n4c(C)nc5ccccc54)c4ccccc34)cc21. The molecular formula is C37H28N2. The third-order valence-corrected chi connectivity index (χ3v) is 8.19. The van der Waals surface area contributed by atoms with Gasteiger partial charge in [-0.2, -0.15) is 0 Å². The monoisotopic (exact) mass is 506 g/mol. The first-order valence-corrected chi connectivity index (χ1v) is 13.2. The summed E-state index contributed by atoms with van der Waals surface area (Å²) in [5.74, 6) is 0.870. The van der Waals surface area contributed by atoms with E-state index in [2.05, 4.69) is 34.9 Å². The van der Waals surface area contributed by atoms with Gasteiger partial charge < -0.3 is 0 Å². The van der Waals surface area contributed by atoms with Crippen LogP contribution in [0.25, 0.3) is 60.5 Å². The van der Waals surface area contributed by atoms with Crippen LogP contribution in [0.3, 0.4) is 0 Å². The van der Waals surface area contributed by atoms with Gasteiger partial charge in [0.2, 0.25) is 0 Å². The van der Waals surface area contributed by atoms with Gasteiger partial charge in [0, 0.05) is 24.4 Å². The van der Waals surface area contributed by atoms with Crippen molar-refractivity contribution < 1.29 is 8.22 Å². The van der Waals surface area contributed by atoms with Crippen LogP contribution in [0, 0.1) is 6.92 Å². The zero-order chi connectivity index (χ0) is 31.3. The molecule has 1 aliphatic carbocycles. The van der Waals surface area contributed by atoms with Crippen LogP contribution in [0.15, 0.2) is 115 Å². The molecule has 0 N–H and O–H groups in total. The molecule has 0 atom stereocenters. The standard InChI is InChI=1S/C37H28N2/c1-23-38-33-18-10-11-19-34(33)39(23)36-29-15-6-4-13-27(29)35(28-14-5-7-16-30(28)36)24-20-21-26-25-12-8-9-17-31(25)37(2,3)32(26)22-24/h4-22H,1-3H3/i2D3,3D3. The molecule has 0 unspecified atom stereocenters. The Morgan fingerprint density at radius 1 is 0.641 bits per heavy atom. The number of fused-ring (bicyclic) bond motifs is 6. The summed E-state index contributed by atoms with van der Waals surface area (Å²) >= 11 is 0. The summed E-state index contributed by atoms with van der Waals surface area (Å²) in [7, 11) is 0. The third kappa shape index (κ3) is 3.00. The fourth-order valence-electron chi connectivity index (χ4n) is 6.52. The third-order valence-electron chi connectivity index (χ3n) is 8.19. The summed E-state index contributed by atoms with van der Waals surface area (Å²) in [4.78, 5) is 4.86. The number of para-hydroxylation sites is 2. The highest BCUT2D eigenvalue weighted by Gasteiger charge is 2.35. The second-order valence-corrected chi connectivity index (χ2v) is 10.4. The van der Waals surface area contributed by atoms with Crippen molar-refractivity contribution in [2.45, 2.75) is 26.0 Å². The van der Waals surface area contributed by atoms with Crippen molar-refractivity contribution in [3.8, 4) is 27.9 Å². The summed E-state index contributed by atoms with van der Waals surface area (Å²) in [6.07, 6.45) is 0. The molecule has 186 valence electrons. The first-order chi connectivity index (χ1) is 21.5. The van der Waals surface area contributed by atoms with Crippen LogP contribution >= 0.6 is 0 Å². The first-order valence-electron chi connectivity index (χ1n) is 16.2. The van der Waals surface area contributed by atoms with Gasteiger partial charge in [0.15, 0.2) is 0 Å². The van der Waals surface area contributed by atoms with Crippen LogP contribution in [0.5, 0.6) is 0 Å². The Hall–Kier alpha value is -4.69. The number of benzene rings is 6. The van der Waals surface area contributed by atoms with Crippen LogP contribution in [-0.2, 0) is 5.41 Å². The van der Waals surface area contributed by atoms with Crippen molar-refractivity contribution in [1.29, 1.82) is 0 Å². The molecule has 2 nitrogen and oxygen atoms in total. The van der Waals surface area contributed by atoms with E-state index in [1.807, 2.05) is 79.7 Å². The summed E-state index contributed by atoms with van der Waals surface area (Å²) in [5, 5.41) is 3.98. The molecule has 0 radical (unpaired) electrons. The smallest absolute Gasteiger partial charge is 0.111 e. The van der Waals surface area contributed by atoms with Gasteiger partial charge in [-0.15, -0.1) is 0 Å². The molecule has 0 fully saturated rings. The Morgan fingerprint density at radius 3 is 2.00 bits per heavy atom. The lowest BCUT2D eigenvalue weighted by Crippen LogP contribution is -2.14. The van der Waals surface area contributed by atoms with Crippen LogP contribution in [0.1, 0.15) is 38.9 Å². The molecule has 0 bridgehead atoms. The van der Waals surface area contributed by atoms with Gasteiger partial charge in [0.1, 0.15) is 5.82 Å². The molecule has 1 aromatic heterocycles. The van der Waals surface area contributed by atoms with Gasteiger partial charge in [-0.3, -0.25) is 4.57 Å². The van der Waals surface area contributed by atoms with E-state index in [0.29, 0.717) is 22.3 Å². The molecule has 6 aromatic carbocycles. The van der Waals surface area contributed by atoms with E-state index in [-0.39, 0.29) is 0 Å². The molecule has 0 amide bonds. The molecule has 2 heteroatoms. The number of hydrogen-bond acceptors (Lipinski definition) is 1. The van der Waals surface area contributed by atoms with E-state index >= 15 is 0 Å².